The van der Waals surface area contributed by atoms with Crippen LogP contribution in [0.5, 0.6) is 5.75 Å². The number of hydrogen-bond donors (Lipinski definition) is 1. The van der Waals surface area contributed by atoms with E-state index in [1.165, 1.54) is 12.0 Å². The molecular formula is C25H33NO2. The Bertz CT molecular complexity index is 789. The third kappa shape index (κ3) is 4.57. The normalized spacial score (nSPS) is 15.8. The summed E-state index contributed by atoms with van der Waals surface area (Å²) in [6.45, 7) is 7.02. The van der Waals surface area contributed by atoms with Crippen molar-refractivity contribution in [3.05, 3.63) is 59.2 Å². The van der Waals surface area contributed by atoms with E-state index in [1.807, 2.05) is 25.1 Å². The molecule has 3 nitrogen and oxygen atoms in total. The summed E-state index contributed by atoms with van der Waals surface area (Å²) in [4.78, 5) is 13.4. The van der Waals surface area contributed by atoms with E-state index in [9.17, 15) is 4.79 Å². The highest BCUT2D eigenvalue weighted by molar-refractivity contribution is 5.99. The molecular weight excluding hydrogens is 346 g/mol. The van der Waals surface area contributed by atoms with E-state index in [0.29, 0.717) is 0 Å². The maximum atomic E-state index is 13.4. The molecule has 1 amide bonds. The van der Waals surface area contributed by atoms with Crippen molar-refractivity contribution in [1.82, 2.24) is 0 Å². The fourth-order valence-electron chi connectivity index (χ4n) is 4.14. The van der Waals surface area contributed by atoms with Crippen molar-refractivity contribution in [1.29, 1.82) is 0 Å². The summed E-state index contributed by atoms with van der Waals surface area (Å²) in [6.07, 6.45) is 7.42. The standard InChI is InChI=1S/C25H33NO2/c1-4-5-17-28-23-14-13-22(18-20(23)3)26-24(27)25(15-7-6-8-16-25)21-11-9-19(2)10-12-21/h9-14,18H,4-8,15-17H2,1-3H3,(H,26,27). The SMILES string of the molecule is CCCCOc1ccc(NC(=O)C2(c3ccc(C)cc3)CCCCC2)cc1C. The van der Waals surface area contributed by atoms with E-state index in [1.54, 1.807) is 0 Å². The van der Waals surface area contributed by atoms with Gasteiger partial charge in [-0.2, -0.15) is 0 Å². The zero-order valence-corrected chi connectivity index (χ0v) is 17.5. The number of anilines is 1. The minimum atomic E-state index is -0.420. The first-order valence-electron chi connectivity index (χ1n) is 10.7. The van der Waals surface area contributed by atoms with Gasteiger partial charge in [0, 0.05) is 5.69 Å². The van der Waals surface area contributed by atoms with Crippen molar-refractivity contribution in [2.75, 3.05) is 11.9 Å². The summed E-state index contributed by atoms with van der Waals surface area (Å²) >= 11 is 0. The first kappa shape index (κ1) is 20.4. The number of benzene rings is 2. The maximum Gasteiger partial charge on any atom is 0.235 e. The Labute approximate surface area is 169 Å². The summed E-state index contributed by atoms with van der Waals surface area (Å²) < 4.78 is 5.84. The Hall–Kier alpha value is -2.29. The van der Waals surface area contributed by atoms with Crippen LogP contribution in [0.2, 0.25) is 0 Å². The molecule has 0 bridgehead atoms. The van der Waals surface area contributed by atoms with Crippen LogP contribution in [0.15, 0.2) is 42.5 Å². The van der Waals surface area contributed by atoms with E-state index in [4.69, 9.17) is 4.74 Å². The third-order valence-electron chi connectivity index (χ3n) is 5.93. The van der Waals surface area contributed by atoms with Crippen LogP contribution in [0.3, 0.4) is 0 Å². The number of ether oxygens (including phenoxy) is 1. The van der Waals surface area contributed by atoms with Crippen LogP contribution in [0, 0.1) is 13.8 Å². The predicted molar refractivity (Wildman–Crippen MR) is 116 cm³/mol. The number of carbonyl (C=O) groups excluding carboxylic acids is 1. The van der Waals surface area contributed by atoms with E-state index in [2.05, 4.69) is 43.4 Å². The summed E-state index contributed by atoms with van der Waals surface area (Å²) in [5.41, 5.74) is 3.86. The van der Waals surface area contributed by atoms with Gasteiger partial charge in [-0.15, -0.1) is 0 Å². The number of unbranched alkanes of at least 4 members (excludes halogenated alkanes) is 1. The molecule has 0 spiro atoms. The lowest BCUT2D eigenvalue weighted by molar-refractivity contribution is -0.122. The minimum absolute atomic E-state index is 0.120. The lowest BCUT2D eigenvalue weighted by Gasteiger charge is -2.36. The highest BCUT2D eigenvalue weighted by Gasteiger charge is 2.41. The number of hydrogen-bond acceptors (Lipinski definition) is 2. The number of nitrogens with one attached hydrogen (secondary N) is 1. The van der Waals surface area contributed by atoms with Gasteiger partial charge in [-0.25, -0.2) is 0 Å². The van der Waals surface area contributed by atoms with Gasteiger partial charge >= 0.3 is 0 Å². The molecule has 2 aromatic rings. The van der Waals surface area contributed by atoms with Gasteiger partial charge in [0.15, 0.2) is 0 Å². The topological polar surface area (TPSA) is 38.3 Å². The fourth-order valence-corrected chi connectivity index (χ4v) is 4.14. The summed E-state index contributed by atoms with van der Waals surface area (Å²) in [5, 5.41) is 3.21. The molecule has 1 aliphatic carbocycles. The predicted octanol–water partition coefficient (Wildman–Crippen LogP) is 6.32. The molecule has 3 rings (SSSR count). The molecule has 0 atom stereocenters. The van der Waals surface area contributed by atoms with Crippen molar-refractivity contribution < 1.29 is 9.53 Å². The molecule has 1 fully saturated rings. The summed E-state index contributed by atoms with van der Waals surface area (Å²) in [5.74, 6) is 1.02. The molecule has 0 aliphatic heterocycles. The Morgan fingerprint density at radius 3 is 2.39 bits per heavy atom. The molecule has 0 unspecified atom stereocenters. The van der Waals surface area contributed by atoms with Gasteiger partial charge in [-0.05, 0) is 62.4 Å². The molecule has 2 aromatic carbocycles. The molecule has 0 saturated heterocycles. The molecule has 0 radical (unpaired) electrons. The fraction of sp³-hybridized carbons (Fsp3) is 0.480. The van der Waals surface area contributed by atoms with Gasteiger partial charge in [-0.3, -0.25) is 4.79 Å². The third-order valence-corrected chi connectivity index (χ3v) is 5.93. The van der Waals surface area contributed by atoms with Crippen LogP contribution in [-0.4, -0.2) is 12.5 Å². The van der Waals surface area contributed by atoms with E-state index < -0.39 is 5.41 Å². The molecule has 0 heterocycles. The molecule has 0 aromatic heterocycles. The first-order valence-corrected chi connectivity index (χ1v) is 10.7. The van der Waals surface area contributed by atoms with Gasteiger partial charge in [-0.1, -0.05) is 62.4 Å². The highest BCUT2D eigenvalue weighted by atomic mass is 16.5. The van der Waals surface area contributed by atoms with Crippen LogP contribution < -0.4 is 10.1 Å². The molecule has 150 valence electrons. The summed E-state index contributed by atoms with van der Waals surface area (Å²) in [7, 11) is 0. The number of carbonyl (C=O) groups is 1. The summed E-state index contributed by atoms with van der Waals surface area (Å²) in [6, 6.07) is 14.5. The van der Waals surface area contributed by atoms with E-state index in [-0.39, 0.29) is 5.91 Å². The lowest BCUT2D eigenvalue weighted by Crippen LogP contribution is -2.42. The van der Waals surface area contributed by atoms with Crippen LogP contribution in [0.25, 0.3) is 0 Å². The first-order chi connectivity index (χ1) is 13.5. The second-order valence-corrected chi connectivity index (χ2v) is 8.15. The number of amides is 1. The monoisotopic (exact) mass is 379 g/mol. The van der Waals surface area contributed by atoms with Gasteiger partial charge < -0.3 is 10.1 Å². The highest BCUT2D eigenvalue weighted by Crippen LogP contribution is 2.40. The minimum Gasteiger partial charge on any atom is -0.493 e. The van der Waals surface area contributed by atoms with Gasteiger partial charge in [0.05, 0.1) is 12.0 Å². The van der Waals surface area contributed by atoms with E-state index in [0.717, 1.165) is 67.7 Å². The van der Waals surface area contributed by atoms with Crippen LogP contribution in [0.1, 0.15) is 68.6 Å². The quantitative estimate of drug-likeness (QED) is 0.571. The van der Waals surface area contributed by atoms with Crippen LogP contribution >= 0.6 is 0 Å². The second-order valence-electron chi connectivity index (χ2n) is 8.15. The Kier molecular flexibility index (Phi) is 6.77. The smallest absolute Gasteiger partial charge is 0.235 e. The van der Waals surface area contributed by atoms with Gasteiger partial charge in [0.1, 0.15) is 5.75 Å². The number of aryl methyl sites for hydroxylation is 2. The van der Waals surface area contributed by atoms with Crippen LogP contribution in [0.4, 0.5) is 5.69 Å². The van der Waals surface area contributed by atoms with Crippen molar-refractivity contribution in [3.8, 4) is 5.75 Å². The van der Waals surface area contributed by atoms with Crippen molar-refractivity contribution >= 4 is 11.6 Å². The maximum absolute atomic E-state index is 13.4. The molecule has 1 saturated carbocycles. The second kappa shape index (κ2) is 9.27. The van der Waals surface area contributed by atoms with Gasteiger partial charge in [0.2, 0.25) is 5.91 Å². The Morgan fingerprint density at radius 2 is 1.75 bits per heavy atom. The lowest BCUT2D eigenvalue weighted by atomic mass is 9.68. The van der Waals surface area contributed by atoms with Gasteiger partial charge in [0.25, 0.3) is 0 Å². The molecule has 1 aliphatic rings. The average molecular weight is 380 g/mol. The van der Waals surface area contributed by atoms with Crippen molar-refractivity contribution in [2.45, 2.75) is 71.1 Å². The Balaban J connectivity index is 1.79. The van der Waals surface area contributed by atoms with E-state index >= 15 is 0 Å². The Morgan fingerprint density at radius 1 is 1.04 bits per heavy atom. The molecule has 1 N–H and O–H groups in total. The zero-order valence-electron chi connectivity index (χ0n) is 17.5. The van der Waals surface area contributed by atoms with Crippen LogP contribution in [-0.2, 0) is 10.2 Å². The van der Waals surface area contributed by atoms with Crippen molar-refractivity contribution in [3.63, 3.8) is 0 Å². The largest absolute Gasteiger partial charge is 0.493 e. The molecule has 3 heteroatoms. The zero-order chi connectivity index (χ0) is 20.0. The number of rotatable bonds is 7. The average Bonchev–Trinajstić information content (AvgIpc) is 2.71. The van der Waals surface area contributed by atoms with Crippen molar-refractivity contribution in [2.24, 2.45) is 0 Å². The molecule has 28 heavy (non-hydrogen) atoms.